The predicted molar refractivity (Wildman–Crippen MR) is 124 cm³/mol. The molecule has 7 heteroatoms. The number of ether oxygens (including phenoxy) is 1. The SMILES string of the molecule is C[C@H](NC(=O)COCC(=O)N1CCN(c2ccccc2F)CC1)C12CC3CC(CC(C3)C1)C2. The van der Waals surface area contributed by atoms with Gasteiger partial charge >= 0.3 is 0 Å². The van der Waals surface area contributed by atoms with E-state index in [-0.39, 0.29) is 42.3 Å². The third-order valence-electron chi connectivity index (χ3n) is 8.67. The lowest BCUT2D eigenvalue weighted by Gasteiger charge is -2.59. The minimum atomic E-state index is -0.241. The number of amides is 2. The van der Waals surface area contributed by atoms with Crippen molar-refractivity contribution in [3.05, 3.63) is 30.1 Å². The topological polar surface area (TPSA) is 61.9 Å². The summed E-state index contributed by atoms with van der Waals surface area (Å²) in [5.74, 6) is 2.06. The molecule has 0 spiro atoms. The van der Waals surface area contributed by atoms with E-state index in [4.69, 9.17) is 4.74 Å². The molecule has 1 atom stereocenters. The fourth-order valence-corrected chi connectivity index (χ4v) is 7.37. The number of nitrogens with zero attached hydrogens (tertiary/aromatic N) is 2. The number of hydrogen-bond acceptors (Lipinski definition) is 4. The van der Waals surface area contributed by atoms with Crippen LogP contribution in [-0.2, 0) is 14.3 Å². The zero-order chi connectivity index (χ0) is 23.0. The van der Waals surface area contributed by atoms with Crippen molar-refractivity contribution in [2.45, 2.75) is 51.5 Å². The number of rotatable bonds is 7. The predicted octanol–water partition coefficient (Wildman–Crippen LogP) is 3.21. The lowest BCUT2D eigenvalue weighted by atomic mass is 9.48. The summed E-state index contributed by atoms with van der Waals surface area (Å²) in [6.07, 6.45) is 7.91. The number of benzene rings is 1. The molecule has 1 aliphatic heterocycles. The molecule has 0 unspecified atom stereocenters. The van der Waals surface area contributed by atoms with Crippen LogP contribution in [0.3, 0.4) is 0 Å². The second kappa shape index (κ2) is 9.24. The van der Waals surface area contributed by atoms with E-state index in [9.17, 15) is 14.0 Å². The van der Waals surface area contributed by atoms with E-state index in [1.54, 1.807) is 17.0 Å². The maximum Gasteiger partial charge on any atom is 0.248 e. The van der Waals surface area contributed by atoms with Crippen molar-refractivity contribution in [1.82, 2.24) is 10.2 Å². The highest BCUT2D eigenvalue weighted by molar-refractivity contribution is 5.80. The van der Waals surface area contributed by atoms with Crippen LogP contribution in [0.15, 0.2) is 24.3 Å². The Morgan fingerprint density at radius 2 is 1.64 bits per heavy atom. The molecule has 5 aliphatic rings. The first-order valence-corrected chi connectivity index (χ1v) is 12.6. The van der Waals surface area contributed by atoms with E-state index >= 15 is 0 Å². The van der Waals surface area contributed by atoms with Crippen LogP contribution in [-0.4, -0.2) is 62.1 Å². The van der Waals surface area contributed by atoms with Crippen LogP contribution in [0, 0.1) is 29.0 Å². The van der Waals surface area contributed by atoms with Crippen LogP contribution >= 0.6 is 0 Å². The highest BCUT2D eigenvalue weighted by atomic mass is 19.1. The molecule has 180 valence electrons. The molecular weight excluding hydrogens is 421 g/mol. The number of nitrogens with one attached hydrogen (secondary N) is 1. The van der Waals surface area contributed by atoms with E-state index in [0.717, 1.165) is 17.8 Å². The Labute approximate surface area is 195 Å². The third kappa shape index (κ3) is 4.75. The summed E-state index contributed by atoms with van der Waals surface area (Å²) in [6.45, 7) is 4.17. The van der Waals surface area contributed by atoms with Crippen LogP contribution in [0.1, 0.15) is 45.4 Å². The Kier molecular flexibility index (Phi) is 6.34. The largest absolute Gasteiger partial charge is 0.366 e. The van der Waals surface area contributed by atoms with Crippen molar-refractivity contribution in [1.29, 1.82) is 0 Å². The van der Waals surface area contributed by atoms with Crippen LogP contribution in [0.5, 0.6) is 0 Å². The monoisotopic (exact) mass is 457 g/mol. The molecule has 5 fully saturated rings. The van der Waals surface area contributed by atoms with E-state index < -0.39 is 0 Å². The van der Waals surface area contributed by atoms with Crippen molar-refractivity contribution in [3.63, 3.8) is 0 Å². The quantitative estimate of drug-likeness (QED) is 0.683. The van der Waals surface area contributed by atoms with Crippen molar-refractivity contribution in [2.24, 2.45) is 23.2 Å². The minimum absolute atomic E-state index is 0.0857. The summed E-state index contributed by atoms with van der Waals surface area (Å²) < 4.78 is 19.5. The van der Waals surface area contributed by atoms with Gasteiger partial charge in [0.15, 0.2) is 0 Å². The van der Waals surface area contributed by atoms with Gasteiger partial charge in [-0.3, -0.25) is 9.59 Å². The van der Waals surface area contributed by atoms with Crippen molar-refractivity contribution in [3.8, 4) is 0 Å². The molecule has 2 amide bonds. The summed E-state index contributed by atoms with van der Waals surface area (Å²) in [6, 6.07) is 6.87. The van der Waals surface area contributed by atoms with E-state index in [2.05, 4.69) is 12.2 Å². The Morgan fingerprint density at radius 3 is 2.24 bits per heavy atom. The summed E-state index contributed by atoms with van der Waals surface area (Å²) in [5, 5.41) is 3.19. The summed E-state index contributed by atoms with van der Waals surface area (Å²) >= 11 is 0. The van der Waals surface area contributed by atoms with Gasteiger partial charge in [0.2, 0.25) is 11.8 Å². The molecule has 33 heavy (non-hydrogen) atoms. The standard InChI is InChI=1S/C26H36FN3O3/c1-18(26-13-19-10-20(14-26)12-21(11-19)15-26)28-24(31)16-33-17-25(32)30-8-6-29(7-9-30)23-5-3-2-4-22(23)27/h2-5,18-21H,6-17H2,1H3,(H,28,31)/t18-,19?,20?,21?,26?/m0/s1. The fourth-order valence-electron chi connectivity index (χ4n) is 7.37. The molecule has 1 aromatic carbocycles. The molecule has 1 aromatic rings. The lowest BCUT2D eigenvalue weighted by Crippen LogP contribution is -2.56. The smallest absolute Gasteiger partial charge is 0.248 e. The molecule has 4 bridgehead atoms. The first-order valence-electron chi connectivity index (χ1n) is 12.6. The number of halogens is 1. The number of carbonyl (C=O) groups excluding carboxylic acids is 2. The van der Waals surface area contributed by atoms with Gasteiger partial charge in [-0.25, -0.2) is 4.39 Å². The van der Waals surface area contributed by atoms with Gasteiger partial charge in [-0.1, -0.05) is 12.1 Å². The first kappa shape index (κ1) is 22.6. The highest BCUT2D eigenvalue weighted by Crippen LogP contribution is 2.61. The van der Waals surface area contributed by atoms with Crippen LogP contribution < -0.4 is 10.2 Å². The zero-order valence-corrected chi connectivity index (χ0v) is 19.6. The van der Waals surface area contributed by atoms with E-state index in [0.29, 0.717) is 31.9 Å². The van der Waals surface area contributed by atoms with Gasteiger partial charge in [0.1, 0.15) is 19.0 Å². The molecule has 6 rings (SSSR count). The Hall–Kier alpha value is -2.15. The molecule has 0 radical (unpaired) electrons. The van der Waals surface area contributed by atoms with Crippen LogP contribution in [0.4, 0.5) is 10.1 Å². The average Bonchev–Trinajstić information content (AvgIpc) is 2.78. The molecule has 6 nitrogen and oxygen atoms in total. The molecule has 1 heterocycles. The van der Waals surface area contributed by atoms with Gasteiger partial charge in [-0.2, -0.15) is 0 Å². The number of para-hydroxylation sites is 1. The Morgan fingerprint density at radius 1 is 1.03 bits per heavy atom. The number of carbonyl (C=O) groups is 2. The summed E-state index contributed by atoms with van der Waals surface area (Å²) in [5.41, 5.74) is 0.837. The van der Waals surface area contributed by atoms with Crippen LogP contribution in [0.25, 0.3) is 0 Å². The van der Waals surface area contributed by atoms with Crippen LogP contribution in [0.2, 0.25) is 0 Å². The summed E-state index contributed by atoms with van der Waals surface area (Å²) in [7, 11) is 0. The second-order valence-electron chi connectivity index (χ2n) is 10.9. The average molecular weight is 458 g/mol. The Balaban J connectivity index is 1.03. The molecular formula is C26H36FN3O3. The number of piperazine rings is 1. The maximum absolute atomic E-state index is 14.0. The van der Waals surface area contributed by atoms with Gasteiger partial charge < -0.3 is 19.9 Å². The van der Waals surface area contributed by atoms with Gasteiger partial charge in [0.05, 0.1) is 5.69 Å². The molecule has 4 saturated carbocycles. The van der Waals surface area contributed by atoms with Gasteiger partial charge in [-0.05, 0) is 80.8 Å². The fraction of sp³-hybridized carbons (Fsp3) is 0.692. The van der Waals surface area contributed by atoms with Gasteiger partial charge in [0.25, 0.3) is 0 Å². The van der Waals surface area contributed by atoms with Gasteiger partial charge in [-0.15, -0.1) is 0 Å². The number of anilines is 1. The zero-order valence-electron chi connectivity index (χ0n) is 19.6. The van der Waals surface area contributed by atoms with E-state index in [1.165, 1.54) is 44.6 Å². The molecule has 4 aliphatic carbocycles. The van der Waals surface area contributed by atoms with Gasteiger partial charge in [0, 0.05) is 32.2 Å². The van der Waals surface area contributed by atoms with Crippen molar-refractivity contribution in [2.75, 3.05) is 44.3 Å². The van der Waals surface area contributed by atoms with Crippen molar-refractivity contribution < 1.29 is 18.7 Å². The maximum atomic E-state index is 14.0. The Bertz CT molecular complexity index is 848. The number of hydrogen-bond donors (Lipinski definition) is 1. The van der Waals surface area contributed by atoms with E-state index in [1.807, 2.05) is 11.0 Å². The lowest BCUT2D eigenvalue weighted by molar-refractivity contribution is -0.139. The minimum Gasteiger partial charge on any atom is -0.366 e. The highest BCUT2D eigenvalue weighted by Gasteiger charge is 2.53. The second-order valence-corrected chi connectivity index (χ2v) is 10.9. The van der Waals surface area contributed by atoms with Crippen molar-refractivity contribution >= 4 is 17.5 Å². The third-order valence-corrected chi connectivity index (χ3v) is 8.67. The molecule has 0 aromatic heterocycles. The molecule has 1 N–H and O–H groups in total. The molecule has 1 saturated heterocycles. The summed E-state index contributed by atoms with van der Waals surface area (Å²) in [4.78, 5) is 28.7. The first-order chi connectivity index (χ1) is 15.9. The normalized spacial score (nSPS) is 31.5.